The van der Waals surface area contributed by atoms with Crippen LogP contribution in [0.2, 0.25) is 0 Å². The van der Waals surface area contributed by atoms with Gasteiger partial charge < -0.3 is 5.32 Å². The number of fused-ring (bicyclic) bond motifs is 1. The third kappa shape index (κ3) is 3.50. The topological polar surface area (TPSA) is 76.9 Å². The smallest absolute Gasteiger partial charge is 0.261 e. The SMILES string of the molecule is Cc1cccc2c(=O)n(CC(=O)Nc3nc(-c4ccccc4)cs3)cnc12. The molecule has 0 bridgehead atoms. The van der Waals surface area contributed by atoms with E-state index < -0.39 is 0 Å². The number of aromatic nitrogens is 3. The zero-order valence-corrected chi connectivity index (χ0v) is 15.4. The average Bonchev–Trinajstić information content (AvgIpc) is 3.14. The Hall–Kier alpha value is -3.32. The fourth-order valence-electron chi connectivity index (χ4n) is 2.84. The Morgan fingerprint density at radius 1 is 1.15 bits per heavy atom. The number of nitrogens with one attached hydrogen (secondary N) is 1. The summed E-state index contributed by atoms with van der Waals surface area (Å²) in [5.41, 5.74) is 3.14. The molecule has 2 aromatic heterocycles. The van der Waals surface area contributed by atoms with Crippen LogP contribution in [0.3, 0.4) is 0 Å². The molecule has 0 aliphatic heterocycles. The quantitative estimate of drug-likeness (QED) is 0.592. The molecule has 7 heteroatoms. The van der Waals surface area contributed by atoms with Gasteiger partial charge in [-0.15, -0.1) is 11.3 Å². The Bertz CT molecular complexity index is 1180. The summed E-state index contributed by atoms with van der Waals surface area (Å²) in [4.78, 5) is 33.7. The predicted molar refractivity (Wildman–Crippen MR) is 107 cm³/mol. The summed E-state index contributed by atoms with van der Waals surface area (Å²) in [5, 5.41) is 5.64. The van der Waals surface area contributed by atoms with Gasteiger partial charge in [-0.25, -0.2) is 9.97 Å². The monoisotopic (exact) mass is 376 g/mol. The van der Waals surface area contributed by atoms with Crippen LogP contribution in [0.15, 0.2) is 65.0 Å². The molecule has 0 aliphatic rings. The highest BCUT2D eigenvalue weighted by atomic mass is 32.1. The lowest BCUT2D eigenvalue weighted by atomic mass is 10.1. The number of hydrogen-bond donors (Lipinski definition) is 1. The van der Waals surface area contributed by atoms with Gasteiger partial charge in [0.2, 0.25) is 5.91 Å². The van der Waals surface area contributed by atoms with E-state index in [1.165, 1.54) is 22.2 Å². The van der Waals surface area contributed by atoms with Crippen LogP contribution >= 0.6 is 11.3 Å². The minimum absolute atomic E-state index is 0.115. The molecule has 4 aromatic rings. The average molecular weight is 376 g/mol. The molecule has 0 atom stereocenters. The van der Waals surface area contributed by atoms with Gasteiger partial charge in [0.25, 0.3) is 5.56 Å². The van der Waals surface area contributed by atoms with Gasteiger partial charge >= 0.3 is 0 Å². The summed E-state index contributed by atoms with van der Waals surface area (Å²) in [6.45, 7) is 1.79. The molecule has 0 saturated carbocycles. The summed E-state index contributed by atoms with van der Waals surface area (Å²) >= 11 is 1.35. The zero-order chi connectivity index (χ0) is 18.8. The normalized spacial score (nSPS) is 10.9. The van der Waals surface area contributed by atoms with Crippen molar-refractivity contribution in [2.45, 2.75) is 13.5 Å². The van der Waals surface area contributed by atoms with E-state index in [2.05, 4.69) is 15.3 Å². The molecule has 0 fully saturated rings. The van der Waals surface area contributed by atoms with E-state index in [1.807, 2.05) is 54.8 Å². The van der Waals surface area contributed by atoms with Crippen LogP contribution in [0.1, 0.15) is 5.56 Å². The Morgan fingerprint density at radius 3 is 2.78 bits per heavy atom. The van der Waals surface area contributed by atoms with E-state index in [0.717, 1.165) is 16.8 Å². The molecule has 2 aromatic carbocycles. The summed E-state index contributed by atoms with van der Waals surface area (Å²) in [6, 6.07) is 15.2. The number of carbonyl (C=O) groups is 1. The maximum Gasteiger partial charge on any atom is 0.261 e. The molecule has 0 saturated heterocycles. The Balaban J connectivity index is 1.52. The van der Waals surface area contributed by atoms with E-state index in [0.29, 0.717) is 16.0 Å². The number of carbonyl (C=O) groups excluding carboxylic acids is 1. The van der Waals surface area contributed by atoms with Crippen LogP contribution < -0.4 is 10.9 Å². The molecule has 1 N–H and O–H groups in total. The Morgan fingerprint density at radius 2 is 1.96 bits per heavy atom. The van der Waals surface area contributed by atoms with Gasteiger partial charge in [-0.1, -0.05) is 42.5 Å². The highest BCUT2D eigenvalue weighted by Gasteiger charge is 2.11. The van der Waals surface area contributed by atoms with E-state index in [-0.39, 0.29) is 18.0 Å². The number of rotatable bonds is 4. The standard InChI is InChI=1S/C20H16N4O2S/c1-13-6-5-9-15-18(13)21-12-24(19(15)26)10-17(25)23-20-22-16(11-27-20)14-7-3-2-4-8-14/h2-9,11-12H,10H2,1H3,(H,22,23,25). The number of thiazole rings is 1. The third-order valence-electron chi connectivity index (χ3n) is 4.19. The summed E-state index contributed by atoms with van der Waals surface area (Å²) in [6.07, 6.45) is 1.41. The van der Waals surface area contributed by atoms with Crippen LogP contribution in [-0.2, 0) is 11.3 Å². The van der Waals surface area contributed by atoms with E-state index in [9.17, 15) is 9.59 Å². The second kappa shape index (κ2) is 7.13. The first kappa shape index (κ1) is 17.1. The molecule has 6 nitrogen and oxygen atoms in total. The molecular weight excluding hydrogens is 360 g/mol. The molecule has 0 radical (unpaired) electrons. The third-order valence-corrected chi connectivity index (χ3v) is 4.95. The van der Waals surface area contributed by atoms with Gasteiger partial charge in [-0.05, 0) is 18.6 Å². The molecule has 134 valence electrons. The first-order chi connectivity index (χ1) is 13.1. The highest BCUT2D eigenvalue weighted by molar-refractivity contribution is 7.14. The van der Waals surface area contributed by atoms with Crippen LogP contribution in [-0.4, -0.2) is 20.4 Å². The number of aryl methyl sites for hydroxylation is 1. The summed E-state index contributed by atoms with van der Waals surface area (Å²) in [5.74, 6) is -0.320. The zero-order valence-electron chi connectivity index (χ0n) is 14.5. The lowest BCUT2D eigenvalue weighted by Crippen LogP contribution is -2.28. The van der Waals surface area contributed by atoms with Gasteiger partial charge in [0.05, 0.1) is 22.9 Å². The van der Waals surface area contributed by atoms with Crippen LogP contribution in [0.4, 0.5) is 5.13 Å². The number of amides is 1. The van der Waals surface area contributed by atoms with E-state index >= 15 is 0 Å². The van der Waals surface area contributed by atoms with Crippen molar-refractivity contribution in [2.24, 2.45) is 0 Å². The van der Waals surface area contributed by atoms with Crippen molar-refractivity contribution in [2.75, 3.05) is 5.32 Å². The summed E-state index contributed by atoms with van der Waals surface area (Å²) in [7, 11) is 0. The second-order valence-corrected chi connectivity index (χ2v) is 6.96. The number of anilines is 1. The van der Waals surface area contributed by atoms with E-state index in [4.69, 9.17) is 0 Å². The summed E-state index contributed by atoms with van der Waals surface area (Å²) < 4.78 is 1.31. The minimum atomic E-state index is -0.320. The number of hydrogen-bond acceptors (Lipinski definition) is 5. The van der Waals surface area contributed by atoms with Gasteiger partial charge in [0.15, 0.2) is 5.13 Å². The molecule has 1 amide bonds. The maximum absolute atomic E-state index is 12.6. The lowest BCUT2D eigenvalue weighted by Gasteiger charge is -2.07. The van der Waals surface area contributed by atoms with Crippen molar-refractivity contribution in [1.82, 2.24) is 14.5 Å². The predicted octanol–water partition coefficient (Wildman–Crippen LogP) is 3.47. The fourth-order valence-corrected chi connectivity index (χ4v) is 3.57. The van der Waals surface area contributed by atoms with Crippen LogP contribution in [0.5, 0.6) is 0 Å². The van der Waals surface area contributed by atoms with E-state index in [1.54, 1.807) is 6.07 Å². The molecular formula is C20H16N4O2S. The maximum atomic E-state index is 12.6. The first-order valence-electron chi connectivity index (χ1n) is 8.37. The first-order valence-corrected chi connectivity index (χ1v) is 9.25. The van der Waals surface area contributed by atoms with Crippen molar-refractivity contribution in [3.63, 3.8) is 0 Å². The molecule has 4 rings (SSSR count). The molecule has 27 heavy (non-hydrogen) atoms. The lowest BCUT2D eigenvalue weighted by molar-refractivity contribution is -0.116. The van der Waals surface area contributed by atoms with Gasteiger partial charge in [0, 0.05) is 10.9 Å². The van der Waals surface area contributed by atoms with Gasteiger partial charge in [-0.3, -0.25) is 14.2 Å². The fraction of sp³-hybridized carbons (Fsp3) is 0.100. The van der Waals surface area contributed by atoms with Crippen molar-refractivity contribution in [3.8, 4) is 11.3 Å². The largest absolute Gasteiger partial charge is 0.300 e. The van der Waals surface area contributed by atoms with Crippen molar-refractivity contribution < 1.29 is 4.79 Å². The molecule has 0 spiro atoms. The number of nitrogens with zero attached hydrogens (tertiary/aromatic N) is 3. The van der Waals surface area contributed by atoms with Crippen LogP contribution in [0.25, 0.3) is 22.2 Å². The van der Waals surface area contributed by atoms with Crippen LogP contribution in [0, 0.1) is 6.92 Å². The Kier molecular flexibility index (Phi) is 4.52. The van der Waals surface area contributed by atoms with Crippen molar-refractivity contribution in [3.05, 3.63) is 76.2 Å². The van der Waals surface area contributed by atoms with Crippen molar-refractivity contribution >= 4 is 33.3 Å². The minimum Gasteiger partial charge on any atom is -0.300 e. The van der Waals surface area contributed by atoms with Gasteiger partial charge in [-0.2, -0.15) is 0 Å². The highest BCUT2D eigenvalue weighted by Crippen LogP contribution is 2.24. The molecule has 0 aliphatic carbocycles. The Labute approximate surface area is 159 Å². The molecule has 0 unspecified atom stereocenters. The number of para-hydroxylation sites is 1. The van der Waals surface area contributed by atoms with Gasteiger partial charge in [0.1, 0.15) is 6.54 Å². The van der Waals surface area contributed by atoms with Crippen molar-refractivity contribution in [1.29, 1.82) is 0 Å². The molecule has 2 heterocycles. The second-order valence-electron chi connectivity index (χ2n) is 6.10. The number of benzene rings is 2.